The molecule has 0 atom stereocenters. The lowest BCUT2D eigenvalue weighted by Gasteiger charge is -2.16. The number of nitrogens with zero attached hydrogens (tertiary/aromatic N) is 1. The molecule has 5 heteroatoms. The first-order valence-corrected chi connectivity index (χ1v) is 13.9. The fraction of sp³-hybridized carbons (Fsp3) is 0.219. The van der Waals surface area contributed by atoms with Gasteiger partial charge in [-0.2, -0.15) is 8.42 Å². The fourth-order valence-corrected chi connectivity index (χ4v) is 5.18. The molecule has 0 aliphatic carbocycles. The van der Waals surface area contributed by atoms with Gasteiger partial charge in [-0.05, 0) is 71.3 Å². The van der Waals surface area contributed by atoms with E-state index in [0.29, 0.717) is 11.8 Å². The van der Waals surface area contributed by atoms with Crippen LogP contribution in [0.15, 0.2) is 101 Å². The van der Waals surface area contributed by atoms with Crippen molar-refractivity contribution in [3.8, 4) is 16.9 Å². The molecule has 0 heterocycles. The van der Waals surface area contributed by atoms with Crippen LogP contribution in [0.5, 0.6) is 5.75 Å². The highest BCUT2D eigenvalue weighted by molar-refractivity contribution is 7.87. The second kappa shape index (κ2) is 11.1. The molecule has 0 aromatic heterocycles. The van der Waals surface area contributed by atoms with Crippen molar-refractivity contribution in [1.82, 2.24) is 0 Å². The Morgan fingerprint density at radius 3 is 1.97 bits per heavy atom. The number of hydrogen-bond acceptors (Lipinski definition) is 4. The van der Waals surface area contributed by atoms with Gasteiger partial charge in [0.25, 0.3) is 0 Å². The van der Waals surface area contributed by atoms with Gasteiger partial charge in [-0.3, -0.25) is 4.99 Å². The Labute approximate surface area is 220 Å². The van der Waals surface area contributed by atoms with Gasteiger partial charge >= 0.3 is 10.1 Å². The summed E-state index contributed by atoms with van der Waals surface area (Å²) < 4.78 is 31.4. The first-order chi connectivity index (χ1) is 17.7. The van der Waals surface area contributed by atoms with Gasteiger partial charge in [-0.15, -0.1) is 0 Å². The van der Waals surface area contributed by atoms with Crippen LogP contribution in [0.25, 0.3) is 11.1 Å². The van der Waals surface area contributed by atoms with E-state index in [1.165, 1.54) is 11.1 Å². The highest BCUT2D eigenvalue weighted by Gasteiger charge is 2.18. The average molecular weight is 512 g/mol. The Balaban J connectivity index is 1.80. The molecule has 0 unspecified atom stereocenters. The van der Waals surface area contributed by atoms with E-state index in [0.717, 1.165) is 27.9 Å². The van der Waals surface area contributed by atoms with Gasteiger partial charge in [0.1, 0.15) is 10.6 Å². The molecule has 0 amide bonds. The molecule has 4 aromatic rings. The number of aryl methyl sites for hydroxylation is 1. The zero-order valence-corrected chi connectivity index (χ0v) is 22.8. The largest absolute Gasteiger partial charge is 0.379 e. The monoisotopic (exact) mass is 511 g/mol. The summed E-state index contributed by atoms with van der Waals surface area (Å²) in [7, 11) is -3.97. The van der Waals surface area contributed by atoms with Crippen LogP contribution in [0.4, 0.5) is 5.69 Å². The van der Waals surface area contributed by atoms with Gasteiger partial charge in [0, 0.05) is 11.8 Å². The van der Waals surface area contributed by atoms with Gasteiger partial charge in [0.05, 0.1) is 5.69 Å². The minimum atomic E-state index is -3.97. The van der Waals surface area contributed by atoms with Crippen LogP contribution in [0, 0.1) is 6.92 Å². The zero-order valence-electron chi connectivity index (χ0n) is 22.0. The molecule has 4 aromatic carbocycles. The summed E-state index contributed by atoms with van der Waals surface area (Å²) in [5, 5.41) is 0. The molecule has 4 rings (SSSR count). The summed E-state index contributed by atoms with van der Waals surface area (Å²) in [5.41, 5.74) is 7.03. The molecule has 0 saturated carbocycles. The second-order valence-electron chi connectivity index (χ2n) is 9.82. The zero-order chi connectivity index (χ0) is 26.6. The summed E-state index contributed by atoms with van der Waals surface area (Å²) in [6, 6.07) is 28.2. The predicted molar refractivity (Wildman–Crippen MR) is 153 cm³/mol. The first kappa shape index (κ1) is 26.4. The molecule has 0 spiro atoms. The molecule has 0 saturated heterocycles. The van der Waals surface area contributed by atoms with E-state index in [-0.39, 0.29) is 10.6 Å². The van der Waals surface area contributed by atoms with Crippen molar-refractivity contribution < 1.29 is 12.6 Å². The van der Waals surface area contributed by atoms with E-state index >= 15 is 0 Å². The average Bonchev–Trinajstić information content (AvgIpc) is 2.87. The number of rotatable bonds is 8. The third-order valence-electron chi connectivity index (χ3n) is 6.30. The van der Waals surface area contributed by atoms with E-state index in [2.05, 4.69) is 45.9 Å². The van der Waals surface area contributed by atoms with Crippen LogP contribution in [-0.2, 0) is 10.1 Å². The highest BCUT2D eigenvalue weighted by Crippen LogP contribution is 2.35. The molecular formula is C32H33NO3S. The highest BCUT2D eigenvalue weighted by atomic mass is 32.2. The van der Waals surface area contributed by atoms with Crippen molar-refractivity contribution in [2.24, 2.45) is 4.99 Å². The van der Waals surface area contributed by atoms with Gasteiger partial charge in [-0.1, -0.05) is 93.9 Å². The van der Waals surface area contributed by atoms with E-state index < -0.39 is 10.1 Å². The van der Waals surface area contributed by atoms with Gasteiger partial charge in [0.15, 0.2) is 0 Å². The van der Waals surface area contributed by atoms with Gasteiger partial charge < -0.3 is 4.18 Å². The molecule has 0 radical (unpaired) electrons. The minimum absolute atomic E-state index is 0.118. The van der Waals surface area contributed by atoms with E-state index in [1.807, 2.05) is 49.5 Å². The SMILES string of the molecule is Cc1ccc(S(=O)(=O)Oc2ccc(-c3ccccc3)c(C=Nc3c(C(C)C)cccc3C(C)C)c2)cc1. The Kier molecular flexibility index (Phi) is 7.94. The molecule has 37 heavy (non-hydrogen) atoms. The van der Waals surface area contributed by atoms with Crippen LogP contribution >= 0.6 is 0 Å². The van der Waals surface area contributed by atoms with Gasteiger partial charge in [0.2, 0.25) is 0 Å². The predicted octanol–water partition coefficient (Wildman–Crippen LogP) is 8.43. The maximum Gasteiger partial charge on any atom is 0.339 e. The Morgan fingerprint density at radius 2 is 1.38 bits per heavy atom. The molecule has 0 bridgehead atoms. The van der Waals surface area contributed by atoms with Crippen molar-refractivity contribution in [1.29, 1.82) is 0 Å². The van der Waals surface area contributed by atoms with Crippen LogP contribution in [0.3, 0.4) is 0 Å². The van der Waals surface area contributed by atoms with Crippen molar-refractivity contribution >= 4 is 22.0 Å². The summed E-state index contributed by atoms with van der Waals surface area (Å²) in [6.45, 7) is 10.6. The second-order valence-corrected chi connectivity index (χ2v) is 11.4. The van der Waals surface area contributed by atoms with Crippen molar-refractivity contribution in [3.05, 3.63) is 113 Å². The Hall–Kier alpha value is -3.70. The number of para-hydroxylation sites is 1. The maximum atomic E-state index is 12.9. The molecular weight excluding hydrogens is 478 g/mol. The van der Waals surface area contributed by atoms with Crippen molar-refractivity contribution in [2.75, 3.05) is 0 Å². The molecule has 4 nitrogen and oxygen atoms in total. The smallest absolute Gasteiger partial charge is 0.339 e. The van der Waals surface area contributed by atoms with Crippen LogP contribution in [0.2, 0.25) is 0 Å². The lowest BCUT2D eigenvalue weighted by molar-refractivity contribution is 0.486. The third kappa shape index (κ3) is 6.17. The minimum Gasteiger partial charge on any atom is -0.379 e. The summed E-state index contributed by atoms with van der Waals surface area (Å²) in [5.74, 6) is 0.866. The number of aliphatic imine (C=N–C) groups is 1. The van der Waals surface area contributed by atoms with Crippen LogP contribution < -0.4 is 4.18 Å². The standard InChI is InChI=1S/C32H33NO3S/c1-22(2)29-12-9-13-30(23(3)4)32(29)33-21-26-20-27(16-19-31(26)25-10-7-6-8-11-25)36-37(34,35)28-17-14-24(5)15-18-28/h6-23H,1-5H3. The number of benzene rings is 4. The molecule has 0 fully saturated rings. The topological polar surface area (TPSA) is 55.7 Å². The molecule has 0 N–H and O–H groups in total. The van der Waals surface area contributed by atoms with Gasteiger partial charge in [-0.25, -0.2) is 0 Å². The Bertz CT molecular complexity index is 1480. The quantitative estimate of drug-likeness (QED) is 0.176. The summed E-state index contributed by atoms with van der Waals surface area (Å²) in [4.78, 5) is 5.10. The first-order valence-electron chi connectivity index (χ1n) is 12.5. The van der Waals surface area contributed by atoms with Crippen molar-refractivity contribution in [3.63, 3.8) is 0 Å². The fourth-order valence-electron chi connectivity index (χ4n) is 4.25. The lowest BCUT2D eigenvalue weighted by Crippen LogP contribution is -2.10. The van der Waals surface area contributed by atoms with E-state index in [4.69, 9.17) is 9.18 Å². The van der Waals surface area contributed by atoms with E-state index in [9.17, 15) is 8.42 Å². The third-order valence-corrected chi connectivity index (χ3v) is 7.56. The molecule has 190 valence electrons. The van der Waals surface area contributed by atoms with Crippen LogP contribution in [0.1, 0.15) is 61.8 Å². The molecule has 0 aliphatic heterocycles. The lowest BCUT2D eigenvalue weighted by atomic mass is 9.93. The van der Waals surface area contributed by atoms with Crippen LogP contribution in [-0.4, -0.2) is 14.6 Å². The molecule has 0 aliphatic rings. The number of hydrogen-bond donors (Lipinski definition) is 0. The normalized spacial score (nSPS) is 12.0. The van der Waals surface area contributed by atoms with Crippen molar-refractivity contribution in [2.45, 2.75) is 51.3 Å². The maximum absolute atomic E-state index is 12.9. The summed E-state index contributed by atoms with van der Waals surface area (Å²) in [6.07, 6.45) is 1.82. The Morgan fingerprint density at radius 1 is 0.757 bits per heavy atom. The summed E-state index contributed by atoms with van der Waals surface area (Å²) >= 11 is 0. The van der Waals surface area contributed by atoms with E-state index in [1.54, 1.807) is 36.4 Å².